The fraction of sp³-hybridized carbons (Fsp3) is 0.0526. The van der Waals surface area contributed by atoms with E-state index in [-0.39, 0.29) is 6.61 Å². The predicted octanol–water partition coefficient (Wildman–Crippen LogP) is 4.67. The molecule has 0 saturated carbocycles. The van der Waals surface area contributed by atoms with Crippen molar-refractivity contribution in [1.82, 2.24) is 10.9 Å². The van der Waals surface area contributed by atoms with Crippen LogP contribution in [0.4, 0.5) is 0 Å². The maximum absolute atomic E-state index is 11.9. The van der Waals surface area contributed by atoms with E-state index in [9.17, 15) is 9.59 Å². The maximum atomic E-state index is 11.9. The van der Waals surface area contributed by atoms with Gasteiger partial charge in [-0.05, 0) is 62.4 Å². The molecular weight excluding hydrogens is 496 g/mol. The molecule has 2 aromatic carbocycles. The summed E-state index contributed by atoms with van der Waals surface area (Å²) >= 11 is 8.46. The van der Waals surface area contributed by atoms with Crippen LogP contribution in [0.1, 0.15) is 4.88 Å². The first-order valence-electron chi connectivity index (χ1n) is 7.84. The monoisotopic (exact) mass is 508 g/mol. The third-order valence-electron chi connectivity index (χ3n) is 3.51. The molecule has 0 radical (unpaired) electrons. The average Bonchev–Trinajstić information content (AvgIpc) is 3.17. The minimum Gasteiger partial charge on any atom is -0.483 e. The summed E-state index contributed by atoms with van der Waals surface area (Å²) in [5.74, 6) is -0.339. The van der Waals surface area contributed by atoms with E-state index >= 15 is 0 Å². The van der Waals surface area contributed by atoms with Crippen molar-refractivity contribution in [2.45, 2.75) is 0 Å². The van der Waals surface area contributed by atoms with Crippen LogP contribution in [0.25, 0.3) is 16.8 Å². The van der Waals surface area contributed by atoms with Crippen LogP contribution >= 0.6 is 43.2 Å². The van der Waals surface area contributed by atoms with Gasteiger partial charge in [0.15, 0.2) is 6.61 Å². The van der Waals surface area contributed by atoms with Gasteiger partial charge in [-0.2, -0.15) is 0 Å². The molecule has 138 valence electrons. The Morgan fingerprint density at radius 1 is 1.11 bits per heavy atom. The average molecular weight is 510 g/mol. The quantitative estimate of drug-likeness (QED) is 0.388. The molecule has 0 atom stereocenters. The molecule has 2 amide bonds. The van der Waals surface area contributed by atoms with Crippen molar-refractivity contribution in [3.8, 4) is 5.75 Å². The largest absolute Gasteiger partial charge is 0.483 e. The van der Waals surface area contributed by atoms with Gasteiger partial charge < -0.3 is 4.74 Å². The van der Waals surface area contributed by atoms with Crippen LogP contribution in [0.3, 0.4) is 0 Å². The molecule has 1 aromatic heterocycles. The minimum atomic E-state index is -0.462. The number of fused-ring (bicyclic) bond motifs is 1. The number of amides is 2. The third-order valence-corrected chi connectivity index (χ3v) is 5.66. The lowest BCUT2D eigenvalue weighted by atomic mass is 10.1. The topological polar surface area (TPSA) is 67.4 Å². The number of halogens is 2. The number of carbonyl (C=O) groups is 2. The fourth-order valence-electron chi connectivity index (χ4n) is 2.25. The van der Waals surface area contributed by atoms with Gasteiger partial charge in [-0.25, -0.2) is 0 Å². The van der Waals surface area contributed by atoms with Crippen LogP contribution < -0.4 is 15.6 Å². The first-order valence-corrected chi connectivity index (χ1v) is 10.3. The molecule has 8 heteroatoms. The predicted molar refractivity (Wildman–Crippen MR) is 114 cm³/mol. The summed E-state index contributed by atoms with van der Waals surface area (Å²) in [4.78, 5) is 24.5. The second-order valence-electron chi connectivity index (χ2n) is 5.42. The normalized spacial score (nSPS) is 10.9. The van der Waals surface area contributed by atoms with Crippen molar-refractivity contribution >= 4 is 71.9 Å². The van der Waals surface area contributed by atoms with Gasteiger partial charge in [0.05, 0.1) is 4.47 Å². The van der Waals surface area contributed by atoms with Gasteiger partial charge in [0, 0.05) is 15.4 Å². The van der Waals surface area contributed by atoms with Crippen LogP contribution in [0.15, 0.2) is 62.9 Å². The summed E-state index contributed by atoms with van der Waals surface area (Å²) in [6.07, 6.45) is 3.03. The van der Waals surface area contributed by atoms with Crippen molar-refractivity contribution in [1.29, 1.82) is 0 Å². The van der Waals surface area contributed by atoms with Gasteiger partial charge in [-0.1, -0.05) is 34.1 Å². The molecule has 0 unspecified atom stereocenters. The molecule has 0 aliphatic rings. The molecule has 5 nitrogen and oxygen atoms in total. The van der Waals surface area contributed by atoms with Gasteiger partial charge in [-0.15, -0.1) is 11.3 Å². The van der Waals surface area contributed by atoms with E-state index in [2.05, 4.69) is 42.7 Å². The first kappa shape index (κ1) is 19.6. The summed E-state index contributed by atoms with van der Waals surface area (Å²) in [5.41, 5.74) is 4.63. The Bertz CT molecular complexity index is 1000. The zero-order chi connectivity index (χ0) is 19.2. The molecule has 0 aliphatic heterocycles. The fourth-order valence-corrected chi connectivity index (χ4v) is 3.85. The number of hydrogen-bond acceptors (Lipinski definition) is 4. The van der Waals surface area contributed by atoms with Crippen LogP contribution in [0.2, 0.25) is 0 Å². The molecule has 2 N–H and O–H groups in total. The summed E-state index contributed by atoms with van der Waals surface area (Å²) in [5, 5.41) is 3.93. The molecule has 27 heavy (non-hydrogen) atoms. The van der Waals surface area contributed by atoms with E-state index in [0.29, 0.717) is 5.75 Å². The smallest absolute Gasteiger partial charge is 0.276 e. The SMILES string of the molecule is O=C(/C=C/c1cccs1)NNC(=O)COc1ccc2cc(Br)ccc2c1Br. The van der Waals surface area contributed by atoms with Crippen molar-refractivity contribution in [3.05, 3.63) is 67.7 Å². The Hall–Kier alpha value is -2.16. The first-order chi connectivity index (χ1) is 13.0. The molecule has 1 heterocycles. The highest BCUT2D eigenvalue weighted by molar-refractivity contribution is 9.11. The van der Waals surface area contributed by atoms with Crippen molar-refractivity contribution in [3.63, 3.8) is 0 Å². The van der Waals surface area contributed by atoms with E-state index in [1.807, 2.05) is 41.8 Å². The number of hydrogen-bond donors (Lipinski definition) is 2. The highest BCUT2D eigenvalue weighted by atomic mass is 79.9. The number of hydrazine groups is 1. The maximum Gasteiger partial charge on any atom is 0.276 e. The van der Waals surface area contributed by atoms with Crippen molar-refractivity contribution < 1.29 is 14.3 Å². The third kappa shape index (κ3) is 5.41. The molecule has 0 spiro atoms. The van der Waals surface area contributed by atoms with Gasteiger partial charge in [0.2, 0.25) is 0 Å². The lowest BCUT2D eigenvalue weighted by Gasteiger charge is -2.11. The van der Waals surface area contributed by atoms with Crippen molar-refractivity contribution in [2.75, 3.05) is 6.61 Å². The van der Waals surface area contributed by atoms with E-state index < -0.39 is 11.8 Å². The van der Waals surface area contributed by atoms with Gasteiger partial charge in [0.25, 0.3) is 11.8 Å². The van der Waals surface area contributed by atoms with E-state index in [4.69, 9.17) is 4.74 Å². The number of thiophene rings is 1. The van der Waals surface area contributed by atoms with Gasteiger partial charge in [-0.3, -0.25) is 20.4 Å². The van der Waals surface area contributed by atoms with Crippen molar-refractivity contribution in [2.24, 2.45) is 0 Å². The van der Waals surface area contributed by atoms with E-state index in [0.717, 1.165) is 24.6 Å². The molecule has 0 saturated heterocycles. The summed E-state index contributed by atoms with van der Waals surface area (Å²) in [6, 6.07) is 13.4. The lowest BCUT2D eigenvalue weighted by Crippen LogP contribution is -2.43. The van der Waals surface area contributed by atoms with Crippen LogP contribution in [0.5, 0.6) is 5.75 Å². The molecule has 0 bridgehead atoms. The zero-order valence-corrected chi connectivity index (χ0v) is 17.9. The Balaban J connectivity index is 1.52. The lowest BCUT2D eigenvalue weighted by molar-refractivity contribution is -0.128. The second kappa shape index (κ2) is 9.16. The molecule has 3 aromatic rings. The number of carbonyl (C=O) groups excluding carboxylic acids is 2. The Morgan fingerprint density at radius 3 is 2.74 bits per heavy atom. The summed E-state index contributed by atoms with van der Waals surface area (Å²) in [7, 11) is 0. The second-order valence-corrected chi connectivity index (χ2v) is 8.11. The number of ether oxygens (including phenoxy) is 1. The molecule has 0 fully saturated rings. The summed E-state index contributed by atoms with van der Waals surface area (Å²) in [6.45, 7) is -0.227. The Labute approximate surface area is 176 Å². The molecular formula is C19H14Br2N2O3S. The molecule has 3 rings (SSSR count). The Morgan fingerprint density at radius 2 is 1.96 bits per heavy atom. The zero-order valence-electron chi connectivity index (χ0n) is 13.9. The highest BCUT2D eigenvalue weighted by Crippen LogP contribution is 2.34. The van der Waals surface area contributed by atoms with Gasteiger partial charge >= 0.3 is 0 Å². The number of benzene rings is 2. The van der Waals surface area contributed by atoms with E-state index in [1.54, 1.807) is 12.1 Å². The van der Waals surface area contributed by atoms with Crippen LogP contribution in [-0.2, 0) is 9.59 Å². The molecule has 0 aliphatic carbocycles. The minimum absolute atomic E-state index is 0.227. The Kier molecular flexibility index (Phi) is 6.65. The number of rotatable bonds is 5. The van der Waals surface area contributed by atoms with Gasteiger partial charge in [0.1, 0.15) is 5.75 Å². The number of nitrogens with one attached hydrogen (secondary N) is 2. The standard InChI is InChI=1S/C19H14Br2N2O3S/c20-13-4-6-15-12(10-13)3-7-16(19(15)21)26-11-18(25)23-22-17(24)8-5-14-2-1-9-27-14/h1-10H,11H2,(H,22,24)(H,23,25)/b8-5+. The highest BCUT2D eigenvalue weighted by Gasteiger charge is 2.09. The van der Waals surface area contributed by atoms with E-state index in [1.165, 1.54) is 17.4 Å². The van der Waals surface area contributed by atoms with Crippen LogP contribution in [0, 0.1) is 0 Å². The van der Waals surface area contributed by atoms with Crippen LogP contribution in [-0.4, -0.2) is 18.4 Å². The summed E-state index contributed by atoms with van der Waals surface area (Å²) < 4.78 is 7.30.